The highest BCUT2D eigenvalue weighted by Gasteiger charge is 2.48. The van der Waals surface area contributed by atoms with Crippen molar-refractivity contribution in [1.29, 1.82) is 0 Å². The van der Waals surface area contributed by atoms with Crippen molar-refractivity contribution in [3.8, 4) is 0 Å². The van der Waals surface area contributed by atoms with E-state index in [9.17, 15) is 14.4 Å². The number of carbonyl (C=O) groups excluding carboxylic acids is 3. The van der Waals surface area contributed by atoms with Crippen LogP contribution in [0.4, 0.5) is 0 Å². The van der Waals surface area contributed by atoms with Gasteiger partial charge in [-0.15, -0.1) is 11.8 Å². The lowest BCUT2D eigenvalue weighted by Gasteiger charge is -2.28. The third-order valence-electron chi connectivity index (χ3n) is 6.49. The molecule has 3 aliphatic rings. The molecule has 3 amide bonds. The van der Waals surface area contributed by atoms with E-state index >= 15 is 0 Å². The number of nitrogens with zero attached hydrogens (tertiary/aromatic N) is 1. The minimum Gasteiger partial charge on any atom is -0.352 e. The summed E-state index contributed by atoms with van der Waals surface area (Å²) in [5, 5.41) is 6.00. The Kier molecular flexibility index (Phi) is 5.86. The number of benzene rings is 1. The lowest BCUT2D eigenvalue weighted by atomic mass is 9.97. The Morgan fingerprint density at radius 3 is 2.69 bits per heavy atom. The number of fused-ring (bicyclic) bond motifs is 3. The number of hydrogen-bond acceptors (Lipinski definition) is 4. The molecule has 1 saturated heterocycles. The van der Waals surface area contributed by atoms with Gasteiger partial charge in [0.15, 0.2) is 0 Å². The van der Waals surface area contributed by atoms with Crippen LogP contribution < -0.4 is 10.6 Å². The molecule has 0 unspecified atom stereocenters. The second-order valence-electron chi connectivity index (χ2n) is 8.36. The minimum absolute atomic E-state index is 0.0247. The van der Waals surface area contributed by atoms with Gasteiger partial charge < -0.3 is 15.5 Å². The second kappa shape index (κ2) is 8.38. The Hall–Kier alpha value is -2.02. The largest absolute Gasteiger partial charge is 0.352 e. The van der Waals surface area contributed by atoms with E-state index in [4.69, 9.17) is 0 Å². The fraction of sp³-hybridized carbons (Fsp3) is 0.591. The number of carbonyl (C=O) groups is 3. The fourth-order valence-corrected chi connectivity index (χ4v) is 6.02. The molecule has 156 valence electrons. The molecule has 2 fully saturated rings. The molecule has 1 aliphatic carbocycles. The molecule has 6 nitrogen and oxygen atoms in total. The van der Waals surface area contributed by atoms with Crippen molar-refractivity contribution in [3.05, 3.63) is 35.4 Å². The lowest BCUT2D eigenvalue weighted by Crippen LogP contribution is -2.56. The van der Waals surface area contributed by atoms with E-state index in [-0.39, 0.29) is 35.1 Å². The molecule has 1 aromatic rings. The predicted molar refractivity (Wildman–Crippen MR) is 113 cm³/mol. The fourth-order valence-electron chi connectivity index (χ4n) is 4.55. The van der Waals surface area contributed by atoms with E-state index in [1.165, 1.54) is 0 Å². The molecule has 1 saturated carbocycles. The van der Waals surface area contributed by atoms with Gasteiger partial charge in [0.25, 0.3) is 5.91 Å². The maximum absolute atomic E-state index is 13.2. The van der Waals surface area contributed by atoms with E-state index in [2.05, 4.69) is 10.6 Å². The van der Waals surface area contributed by atoms with Crippen LogP contribution in [0.3, 0.4) is 0 Å². The van der Waals surface area contributed by atoms with Crippen LogP contribution >= 0.6 is 11.8 Å². The first-order valence-corrected chi connectivity index (χ1v) is 11.7. The zero-order chi connectivity index (χ0) is 20.5. The normalized spacial score (nSPS) is 25.4. The molecule has 29 heavy (non-hydrogen) atoms. The highest BCUT2D eigenvalue weighted by Crippen LogP contribution is 2.48. The van der Waals surface area contributed by atoms with Crippen LogP contribution in [0.5, 0.6) is 0 Å². The van der Waals surface area contributed by atoms with Gasteiger partial charge in [0.1, 0.15) is 17.5 Å². The lowest BCUT2D eigenvalue weighted by molar-refractivity contribution is -0.132. The van der Waals surface area contributed by atoms with Crippen molar-refractivity contribution >= 4 is 29.5 Å². The Morgan fingerprint density at radius 1 is 1.24 bits per heavy atom. The Labute approximate surface area is 176 Å². The zero-order valence-electron chi connectivity index (χ0n) is 17.0. The smallest absolute Gasteiger partial charge is 0.256 e. The molecule has 0 spiro atoms. The minimum atomic E-state index is -0.572. The van der Waals surface area contributed by atoms with Crippen LogP contribution in [-0.4, -0.2) is 46.5 Å². The van der Waals surface area contributed by atoms with Crippen LogP contribution in [0.15, 0.2) is 24.3 Å². The van der Waals surface area contributed by atoms with Gasteiger partial charge in [-0.25, -0.2) is 0 Å². The van der Waals surface area contributed by atoms with Crippen molar-refractivity contribution in [2.24, 2.45) is 5.92 Å². The molecular formula is C22H29N3O3S. The molecule has 2 N–H and O–H groups in total. The zero-order valence-corrected chi connectivity index (χ0v) is 17.8. The predicted octanol–water partition coefficient (Wildman–Crippen LogP) is 2.85. The number of hydrogen-bond donors (Lipinski definition) is 2. The highest BCUT2D eigenvalue weighted by atomic mass is 32.2. The van der Waals surface area contributed by atoms with Gasteiger partial charge in [0.2, 0.25) is 11.8 Å². The van der Waals surface area contributed by atoms with Crippen molar-refractivity contribution in [1.82, 2.24) is 15.5 Å². The van der Waals surface area contributed by atoms with Gasteiger partial charge in [0.05, 0.1) is 0 Å². The summed E-state index contributed by atoms with van der Waals surface area (Å²) in [5.41, 5.74) is 1.66. The summed E-state index contributed by atoms with van der Waals surface area (Å²) >= 11 is 1.62. The number of thioether (sulfide) groups is 1. The van der Waals surface area contributed by atoms with Crippen LogP contribution in [-0.2, 0) is 9.59 Å². The highest BCUT2D eigenvalue weighted by molar-refractivity contribution is 7.99. The number of rotatable bonds is 6. The van der Waals surface area contributed by atoms with Crippen molar-refractivity contribution in [2.75, 3.05) is 5.75 Å². The summed E-state index contributed by atoms with van der Waals surface area (Å²) in [4.78, 5) is 40.6. The third-order valence-corrected chi connectivity index (χ3v) is 7.79. The van der Waals surface area contributed by atoms with E-state index in [0.717, 1.165) is 37.7 Å². The SMILES string of the molecule is CC[C@H](C)[C@H](NC(=O)[C@@H]1CS[C@@H]2c3ccccc3C(=O)N21)C(=O)NC1CCCC1. The van der Waals surface area contributed by atoms with E-state index in [0.29, 0.717) is 11.3 Å². The molecule has 4 atom stereocenters. The summed E-state index contributed by atoms with van der Waals surface area (Å²) in [5.74, 6) is 0.155. The van der Waals surface area contributed by atoms with Crippen molar-refractivity contribution in [3.63, 3.8) is 0 Å². The maximum Gasteiger partial charge on any atom is 0.256 e. The first kappa shape index (κ1) is 20.3. The van der Waals surface area contributed by atoms with Gasteiger partial charge >= 0.3 is 0 Å². The summed E-state index contributed by atoms with van der Waals surface area (Å²) < 4.78 is 0. The van der Waals surface area contributed by atoms with Gasteiger partial charge in [-0.1, -0.05) is 51.3 Å². The number of amides is 3. The van der Waals surface area contributed by atoms with Gasteiger partial charge in [-0.2, -0.15) is 0 Å². The third kappa shape index (κ3) is 3.77. The molecule has 0 radical (unpaired) electrons. The van der Waals surface area contributed by atoms with Crippen LogP contribution in [0, 0.1) is 5.92 Å². The average molecular weight is 416 g/mol. The van der Waals surface area contributed by atoms with Crippen LogP contribution in [0.2, 0.25) is 0 Å². The summed E-state index contributed by atoms with van der Waals surface area (Å²) in [6, 6.07) is 6.66. The van der Waals surface area contributed by atoms with Crippen LogP contribution in [0.1, 0.15) is 67.2 Å². The molecule has 0 aromatic heterocycles. The van der Waals surface area contributed by atoms with Crippen molar-refractivity contribution < 1.29 is 14.4 Å². The van der Waals surface area contributed by atoms with Crippen LogP contribution in [0.25, 0.3) is 0 Å². The van der Waals surface area contributed by atoms with Gasteiger partial charge in [-0.3, -0.25) is 14.4 Å². The molecule has 0 bridgehead atoms. The Bertz CT molecular complexity index is 808. The average Bonchev–Trinajstić information content (AvgIpc) is 3.45. The number of nitrogens with one attached hydrogen (secondary N) is 2. The monoisotopic (exact) mass is 415 g/mol. The van der Waals surface area contributed by atoms with E-state index in [1.807, 2.05) is 38.1 Å². The first-order chi connectivity index (χ1) is 14.0. The quantitative estimate of drug-likeness (QED) is 0.749. The first-order valence-electron chi connectivity index (χ1n) is 10.6. The van der Waals surface area contributed by atoms with E-state index in [1.54, 1.807) is 16.7 Å². The topological polar surface area (TPSA) is 78.5 Å². The van der Waals surface area contributed by atoms with Gasteiger partial charge in [-0.05, 0) is 30.4 Å². The summed E-state index contributed by atoms with van der Waals surface area (Å²) in [6.45, 7) is 4.01. The molecule has 2 heterocycles. The summed E-state index contributed by atoms with van der Waals surface area (Å²) in [6.07, 6.45) is 5.09. The Balaban J connectivity index is 1.47. The molecule has 7 heteroatoms. The van der Waals surface area contributed by atoms with Crippen molar-refractivity contribution in [2.45, 2.75) is 69.5 Å². The molecule has 4 rings (SSSR count). The molecular weight excluding hydrogens is 386 g/mol. The molecule has 2 aliphatic heterocycles. The molecule has 1 aromatic carbocycles. The summed E-state index contributed by atoms with van der Waals surface area (Å²) in [7, 11) is 0. The Morgan fingerprint density at radius 2 is 1.97 bits per heavy atom. The van der Waals surface area contributed by atoms with Gasteiger partial charge in [0, 0.05) is 17.4 Å². The maximum atomic E-state index is 13.2. The second-order valence-corrected chi connectivity index (χ2v) is 9.48. The van der Waals surface area contributed by atoms with E-state index < -0.39 is 12.1 Å². The standard InChI is InChI=1S/C22H29N3O3S/c1-3-13(2)18(20(27)23-14-8-4-5-9-14)24-19(26)17-12-29-22-16-11-7-6-10-15(16)21(28)25(17)22/h6-7,10-11,13-14,17-18,22H,3-5,8-9,12H2,1-2H3,(H,23,27)(H,24,26)/t13-,17-,18-,22+/m0/s1.